The van der Waals surface area contributed by atoms with Gasteiger partial charge in [0.15, 0.2) is 0 Å². The van der Waals surface area contributed by atoms with Crippen molar-refractivity contribution < 1.29 is 14.0 Å². The summed E-state index contributed by atoms with van der Waals surface area (Å²) >= 11 is 0. The van der Waals surface area contributed by atoms with E-state index in [0.29, 0.717) is 24.6 Å². The highest BCUT2D eigenvalue weighted by atomic mass is 16.3. The minimum atomic E-state index is -0.174. The molecule has 2 aromatic rings. The van der Waals surface area contributed by atoms with E-state index in [-0.39, 0.29) is 23.8 Å². The second-order valence-corrected chi connectivity index (χ2v) is 7.65. The third-order valence-corrected chi connectivity index (χ3v) is 5.31. The Morgan fingerprint density at radius 2 is 1.81 bits per heavy atom. The number of carbonyl (C=O) groups is 2. The molecule has 2 atom stereocenters. The highest BCUT2D eigenvalue weighted by molar-refractivity contribution is 5.94. The van der Waals surface area contributed by atoms with Crippen LogP contribution >= 0.6 is 0 Å². The SMILES string of the molecule is CC(C)c1ccc(C(C)NC(=O)C2CCCN(C(=O)c3ccoc3)C2)cc1. The average Bonchev–Trinajstić information content (AvgIpc) is 3.22. The molecule has 144 valence electrons. The van der Waals surface area contributed by atoms with Gasteiger partial charge < -0.3 is 14.6 Å². The van der Waals surface area contributed by atoms with Crippen LogP contribution in [0.25, 0.3) is 0 Å². The molecule has 27 heavy (non-hydrogen) atoms. The number of amides is 2. The largest absolute Gasteiger partial charge is 0.472 e. The lowest BCUT2D eigenvalue weighted by Crippen LogP contribution is -2.45. The summed E-state index contributed by atoms with van der Waals surface area (Å²) in [6.45, 7) is 7.47. The van der Waals surface area contributed by atoms with Gasteiger partial charge in [-0.15, -0.1) is 0 Å². The Morgan fingerprint density at radius 3 is 2.44 bits per heavy atom. The lowest BCUT2D eigenvalue weighted by Gasteiger charge is -2.32. The molecule has 1 N–H and O–H groups in total. The van der Waals surface area contributed by atoms with Crippen molar-refractivity contribution in [2.45, 2.75) is 45.6 Å². The van der Waals surface area contributed by atoms with E-state index in [1.807, 2.05) is 6.92 Å². The third kappa shape index (κ3) is 4.59. The van der Waals surface area contributed by atoms with Gasteiger partial charge in [0.05, 0.1) is 23.8 Å². The lowest BCUT2D eigenvalue weighted by molar-refractivity contribution is -0.127. The maximum Gasteiger partial charge on any atom is 0.257 e. The predicted molar refractivity (Wildman–Crippen MR) is 104 cm³/mol. The molecule has 2 heterocycles. The molecule has 2 unspecified atom stereocenters. The molecule has 5 heteroatoms. The summed E-state index contributed by atoms with van der Waals surface area (Å²) in [6, 6.07) is 10.0. The van der Waals surface area contributed by atoms with Crippen molar-refractivity contribution in [2.75, 3.05) is 13.1 Å². The fourth-order valence-corrected chi connectivity index (χ4v) is 3.53. The van der Waals surface area contributed by atoms with Crippen molar-refractivity contribution in [2.24, 2.45) is 5.92 Å². The van der Waals surface area contributed by atoms with Crippen LogP contribution in [0.3, 0.4) is 0 Å². The second-order valence-electron chi connectivity index (χ2n) is 7.65. The summed E-state index contributed by atoms with van der Waals surface area (Å²) in [6.07, 6.45) is 4.58. The summed E-state index contributed by atoms with van der Waals surface area (Å²) in [4.78, 5) is 27.0. The van der Waals surface area contributed by atoms with E-state index >= 15 is 0 Å². The number of piperidine rings is 1. The summed E-state index contributed by atoms with van der Waals surface area (Å²) in [5, 5.41) is 3.11. The average molecular weight is 368 g/mol. The first kappa shape index (κ1) is 19.2. The predicted octanol–water partition coefficient (Wildman–Crippen LogP) is 4.13. The first-order chi connectivity index (χ1) is 13.0. The maximum atomic E-state index is 12.7. The number of likely N-dealkylation sites (tertiary alicyclic amines) is 1. The topological polar surface area (TPSA) is 62.6 Å². The fraction of sp³-hybridized carbons (Fsp3) is 0.455. The van der Waals surface area contributed by atoms with Gasteiger partial charge in [-0.1, -0.05) is 38.1 Å². The van der Waals surface area contributed by atoms with Gasteiger partial charge in [0.2, 0.25) is 5.91 Å². The molecule has 1 aromatic carbocycles. The van der Waals surface area contributed by atoms with Gasteiger partial charge in [-0.25, -0.2) is 0 Å². The molecule has 1 saturated heterocycles. The maximum absolute atomic E-state index is 12.7. The summed E-state index contributed by atoms with van der Waals surface area (Å²) < 4.78 is 5.00. The molecular weight excluding hydrogens is 340 g/mol. The molecular formula is C22H28N2O3. The van der Waals surface area contributed by atoms with E-state index < -0.39 is 0 Å². The summed E-state index contributed by atoms with van der Waals surface area (Å²) in [5.74, 6) is 0.260. The van der Waals surface area contributed by atoms with Gasteiger partial charge >= 0.3 is 0 Å². The van der Waals surface area contributed by atoms with Crippen LogP contribution in [0.5, 0.6) is 0 Å². The van der Waals surface area contributed by atoms with Crippen molar-refractivity contribution in [3.8, 4) is 0 Å². The Kier molecular flexibility index (Phi) is 5.99. The zero-order chi connectivity index (χ0) is 19.4. The van der Waals surface area contributed by atoms with Crippen LogP contribution in [0.1, 0.15) is 67.1 Å². The Labute approximate surface area is 160 Å². The summed E-state index contributed by atoms with van der Waals surface area (Å²) in [7, 11) is 0. The quantitative estimate of drug-likeness (QED) is 0.863. The molecule has 0 spiro atoms. The minimum Gasteiger partial charge on any atom is -0.472 e. The zero-order valence-electron chi connectivity index (χ0n) is 16.3. The van der Waals surface area contributed by atoms with E-state index in [4.69, 9.17) is 4.42 Å². The first-order valence-electron chi connectivity index (χ1n) is 9.67. The van der Waals surface area contributed by atoms with Crippen molar-refractivity contribution in [3.05, 3.63) is 59.5 Å². The van der Waals surface area contributed by atoms with E-state index in [2.05, 4.69) is 43.4 Å². The minimum absolute atomic E-state index is 0.0140. The van der Waals surface area contributed by atoms with Gasteiger partial charge in [-0.05, 0) is 42.9 Å². The molecule has 1 fully saturated rings. The Hall–Kier alpha value is -2.56. The highest BCUT2D eigenvalue weighted by Crippen LogP contribution is 2.22. The normalized spacial score (nSPS) is 18.4. The Bertz CT molecular complexity index is 765. The van der Waals surface area contributed by atoms with Crippen molar-refractivity contribution >= 4 is 11.8 Å². The molecule has 2 amide bonds. The highest BCUT2D eigenvalue weighted by Gasteiger charge is 2.29. The number of rotatable bonds is 5. The number of carbonyl (C=O) groups excluding carboxylic acids is 2. The second kappa shape index (κ2) is 8.42. The van der Waals surface area contributed by atoms with Gasteiger partial charge in [0.25, 0.3) is 5.91 Å². The summed E-state index contributed by atoms with van der Waals surface area (Å²) in [5.41, 5.74) is 2.92. The van der Waals surface area contributed by atoms with Crippen molar-refractivity contribution in [1.29, 1.82) is 0 Å². The third-order valence-electron chi connectivity index (χ3n) is 5.31. The lowest BCUT2D eigenvalue weighted by atomic mass is 9.95. The van der Waals surface area contributed by atoms with Crippen molar-refractivity contribution in [3.63, 3.8) is 0 Å². The van der Waals surface area contributed by atoms with Crippen LogP contribution in [-0.4, -0.2) is 29.8 Å². The number of nitrogens with one attached hydrogen (secondary N) is 1. The van der Waals surface area contributed by atoms with E-state index in [0.717, 1.165) is 18.4 Å². The molecule has 0 aliphatic carbocycles. The monoisotopic (exact) mass is 368 g/mol. The van der Waals surface area contributed by atoms with E-state index in [1.165, 1.54) is 18.1 Å². The Morgan fingerprint density at radius 1 is 1.11 bits per heavy atom. The number of hydrogen-bond donors (Lipinski definition) is 1. The smallest absolute Gasteiger partial charge is 0.257 e. The van der Waals surface area contributed by atoms with Crippen LogP contribution in [-0.2, 0) is 4.79 Å². The number of furan rings is 1. The van der Waals surface area contributed by atoms with Crippen molar-refractivity contribution in [1.82, 2.24) is 10.2 Å². The first-order valence-corrected chi connectivity index (χ1v) is 9.67. The van der Waals surface area contributed by atoms with Gasteiger partial charge in [0.1, 0.15) is 6.26 Å². The van der Waals surface area contributed by atoms with Crippen LogP contribution in [0.15, 0.2) is 47.3 Å². The molecule has 1 aromatic heterocycles. The van der Waals surface area contributed by atoms with Crippen LogP contribution in [0.4, 0.5) is 0 Å². The number of hydrogen-bond acceptors (Lipinski definition) is 3. The van der Waals surface area contributed by atoms with E-state index in [1.54, 1.807) is 11.0 Å². The Balaban J connectivity index is 1.59. The van der Waals surface area contributed by atoms with Crippen LogP contribution in [0, 0.1) is 5.92 Å². The molecule has 3 rings (SSSR count). The molecule has 5 nitrogen and oxygen atoms in total. The molecule has 1 aliphatic rings. The fourth-order valence-electron chi connectivity index (χ4n) is 3.53. The van der Waals surface area contributed by atoms with E-state index in [9.17, 15) is 9.59 Å². The van der Waals surface area contributed by atoms with Gasteiger partial charge in [-0.3, -0.25) is 9.59 Å². The molecule has 0 radical (unpaired) electrons. The van der Waals surface area contributed by atoms with Gasteiger partial charge in [0, 0.05) is 13.1 Å². The molecule has 1 aliphatic heterocycles. The van der Waals surface area contributed by atoms with Gasteiger partial charge in [-0.2, -0.15) is 0 Å². The van der Waals surface area contributed by atoms with Crippen LogP contribution < -0.4 is 5.32 Å². The number of nitrogens with zero attached hydrogens (tertiary/aromatic N) is 1. The molecule has 0 bridgehead atoms. The standard InChI is InChI=1S/C22H28N2O3/c1-15(2)17-6-8-18(9-7-17)16(3)23-21(25)19-5-4-11-24(13-19)22(26)20-10-12-27-14-20/h6-10,12,14-16,19H,4-5,11,13H2,1-3H3,(H,23,25). The molecule has 0 saturated carbocycles. The number of benzene rings is 1. The zero-order valence-corrected chi connectivity index (χ0v) is 16.3. The van der Waals surface area contributed by atoms with Crippen LogP contribution in [0.2, 0.25) is 0 Å².